The number of carbonyl (C=O) groups is 1. The Bertz CT molecular complexity index is 877. The van der Waals surface area contributed by atoms with Gasteiger partial charge < -0.3 is 15.0 Å². The number of carboxylic acids is 1. The molecule has 0 atom stereocenters. The molecule has 0 spiro atoms. The quantitative estimate of drug-likeness (QED) is 0.698. The number of carboxylic acid groups (broad SMARTS) is 1. The number of imidazole rings is 1. The molecule has 0 fully saturated rings. The molecular formula is C15H14ClN5O2. The summed E-state index contributed by atoms with van der Waals surface area (Å²) >= 11 is 5.98. The minimum absolute atomic E-state index is 0.113. The summed E-state index contributed by atoms with van der Waals surface area (Å²) < 4.78 is 1.76. The van der Waals surface area contributed by atoms with Crippen LogP contribution in [0.4, 0.5) is 5.82 Å². The normalized spacial score (nSPS) is 10.9. The van der Waals surface area contributed by atoms with Crippen LogP contribution in [-0.2, 0) is 6.54 Å². The van der Waals surface area contributed by atoms with Crippen molar-refractivity contribution in [3.8, 4) is 0 Å². The molecule has 3 rings (SSSR count). The van der Waals surface area contributed by atoms with Crippen molar-refractivity contribution in [2.75, 3.05) is 11.9 Å². The van der Waals surface area contributed by atoms with E-state index < -0.39 is 5.97 Å². The largest absolute Gasteiger partial charge is 0.478 e. The predicted molar refractivity (Wildman–Crippen MR) is 87.0 cm³/mol. The van der Waals surface area contributed by atoms with E-state index in [9.17, 15) is 9.90 Å². The van der Waals surface area contributed by atoms with E-state index in [4.69, 9.17) is 11.6 Å². The van der Waals surface area contributed by atoms with Crippen LogP contribution < -0.4 is 5.32 Å². The summed E-state index contributed by atoms with van der Waals surface area (Å²) in [6, 6.07) is 6.83. The van der Waals surface area contributed by atoms with Crippen molar-refractivity contribution in [1.82, 2.24) is 19.5 Å². The minimum atomic E-state index is -0.967. The lowest BCUT2D eigenvalue weighted by Crippen LogP contribution is -2.07. The Hall–Kier alpha value is -2.67. The van der Waals surface area contributed by atoms with Crippen LogP contribution in [0.5, 0.6) is 0 Å². The smallest absolute Gasteiger partial charge is 0.336 e. The van der Waals surface area contributed by atoms with Crippen LogP contribution in [0.2, 0.25) is 5.28 Å². The molecular weight excluding hydrogens is 318 g/mol. The summed E-state index contributed by atoms with van der Waals surface area (Å²) in [7, 11) is 0. The lowest BCUT2D eigenvalue weighted by molar-refractivity contribution is 0.0695. The van der Waals surface area contributed by atoms with Gasteiger partial charge in [0, 0.05) is 6.54 Å². The SMILES string of the molecule is CCNc1nc(Cl)nc2c1ncn2Cc1ccccc1C(=O)O. The summed E-state index contributed by atoms with van der Waals surface area (Å²) in [6.07, 6.45) is 1.61. The topological polar surface area (TPSA) is 92.9 Å². The van der Waals surface area contributed by atoms with Gasteiger partial charge in [0.25, 0.3) is 0 Å². The number of rotatable bonds is 5. The molecule has 0 aliphatic heterocycles. The van der Waals surface area contributed by atoms with E-state index in [1.807, 2.05) is 6.92 Å². The fourth-order valence-electron chi connectivity index (χ4n) is 2.37. The number of nitrogens with one attached hydrogen (secondary N) is 1. The molecule has 1 aromatic carbocycles. The molecule has 0 saturated heterocycles. The summed E-state index contributed by atoms with van der Waals surface area (Å²) in [6.45, 7) is 2.96. The van der Waals surface area contributed by atoms with Crippen molar-refractivity contribution in [3.05, 3.63) is 47.0 Å². The molecule has 8 heteroatoms. The van der Waals surface area contributed by atoms with Crippen molar-refractivity contribution in [2.45, 2.75) is 13.5 Å². The molecule has 23 heavy (non-hydrogen) atoms. The predicted octanol–water partition coefficient (Wildman–Crippen LogP) is 2.66. The van der Waals surface area contributed by atoms with Crippen molar-refractivity contribution >= 4 is 34.6 Å². The zero-order valence-electron chi connectivity index (χ0n) is 12.3. The van der Waals surface area contributed by atoms with Gasteiger partial charge in [0.1, 0.15) is 0 Å². The third kappa shape index (κ3) is 2.95. The first-order valence-electron chi connectivity index (χ1n) is 7.03. The molecule has 2 aromatic heterocycles. The minimum Gasteiger partial charge on any atom is -0.478 e. The fraction of sp³-hybridized carbons (Fsp3) is 0.200. The summed E-state index contributed by atoms with van der Waals surface area (Å²) in [4.78, 5) is 24.0. The van der Waals surface area contributed by atoms with E-state index in [2.05, 4.69) is 20.3 Å². The van der Waals surface area contributed by atoms with E-state index in [-0.39, 0.29) is 10.8 Å². The van der Waals surface area contributed by atoms with Gasteiger partial charge in [-0.1, -0.05) is 18.2 Å². The van der Waals surface area contributed by atoms with Crippen LogP contribution in [0.15, 0.2) is 30.6 Å². The molecule has 0 bridgehead atoms. The highest BCUT2D eigenvalue weighted by atomic mass is 35.5. The zero-order valence-corrected chi connectivity index (χ0v) is 13.1. The molecule has 118 valence electrons. The molecule has 0 unspecified atom stereocenters. The highest BCUT2D eigenvalue weighted by Gasteiger charge is 2.15. The Morgan fingerprint density at radius 2 is 2.13 bits per heavy atom. The average molecular weight is 332 g/mol. The van der Waals surface area contributed by atoms with Gasteiger partial charge in [0.05, 0.1) is 18.4 Å². The van der Waals surface area contributed by atoms with Gasteiger partial charge in [-0.15, -0.1) is 0 Å². The second kappa shape index (κ2) is 6.21. The van der Waals surface area contributed by atoms with E-state index in [0.29, 0.717) is 35.6 Å². The first-order valence-corrected chi connectivity index (χ1v) is 7.41. The second-order valence-electron chi connectivity index (χ2n) is 4.88. The third-order valence-corrected chi connectivity index (χ3v) is 3.54. The Labute approximate surface area is 137 Å². The molecule has 0 amide bonds. The number of fused-ring (bicyclic) bond motifs is 1. The van der Waals surface area contributed by atoms with E-state index in [0.717, 1.165) is 0 Å². The monoisotopic (exact) mass is 331 g/mol. The number of benzene rings is 1. The fourth-order valence-corrected chi connectivity index (χ4v) is 2.54. The molecule has 0 aliphatic carbocycles. The lowest BCUT2D eigenvalue weighted by atomic mass is 10.1. The lowest BCUT2D eigenvalue weighted by Gasteiger charge is -2.08. The van der Waals surface area contributed by atoms with Crippen LogP contribution in [0.3, 0.4) is 0 Å². The Morgan fingerprint density at radius 1 is 1.35 bits per heavy atom. The van der Waals surface area contributed by atoms with Gasteiger partial charge in [0.15, 0.2) is 17.0 Å². The molecule has 7 nitrogen and oxygen atoms in total. The van der Waals surface area contributed by atoms with Gasteiger partial charge in [-0.05, 0) is 30.2 Å². The summed E-state index contributed by atoms with van der Waals surface area (Å²) in [5, 5.41) is 12.5. The average Bonchev–Trinajstić information content (AvgIpc) is 2.91. The summed E-state index contributed by atoms with van der Waals surface area (Å²) in [5.41, 5.74) is 2.07. The van der Waals surface area contributed by atoms with Crippen LogP contribution in [0.1, 0.15) is 22.8 Å². The number of halogens is 1. The molecule has 0 radical (unpaired) electrons. The van der Waals surface area contributed by atoms with Crippen LogP contribution in [0.25, 0.3) is 11.2 Å². The van der Waals surface area contributed by atoms with E-state index in [1.54, 1.807) is 35.2 Å². The second-order valence-corrected chi connectivity index (χ2v) is 5.22. The van der Waals surface area contributed by atoms with Crippen molar-refractivity contribution in [3.63, 3.8) is 0 Å². The first-order chi connectivity index (χ1) is 11.1. The molecule has 0 saturated carbocycles. The van der Waals surface area contributed by atoms with Crippen molar-refractivity contribution in [2.24, 2.45) is 0 Å². The van der Waals surface area contributed by atoms with Crippen molar-refractivity contribution < 1.29 is 9.90 Å². The number of aromatic carboxylic acids is 1. The highest BCUT2D eigenvalue weighted by Crippen LogP contribution is 2.22. The maximum atomic E-state index is 11.3. The first kappa shape index (κ1) is 15.2. The Kier molecular flexibility index (Phi) is 4.12. The molecule has 2 N–H and O–H groups in total. The maximum absolute atomic E-state index is 11.3. The molecule has 3 aromatic rings. The number of aromatic nitrogens is 4. The van der Waals surface area contributed by atoms with Gasteiger partial charge in [-0.3, -0.25) is 0 Å². The molecule has 2 heterocycles. The van der Waals surface area contributed by atoms with E-state index >= 15 is 0 Å². The van der Waals surface area contributed by atoms with Gasteiger partial charge in [0.2, 0.25) is 5.28 Å². The number of hydrogen-bond acceptors (Lipinski definition) is 5. The van der Waals surface area contributed by atoms with Crippen molar-refractivity contribution in [1.29, 1.82) is 0 Å². The molecule has 0 aliphatic rings. The standard InChI is InChI=1S/C15H14ClN5O2/c1-2-17-12-11-13(20-15(16)19-12)21(8-18-11)7-9-5-3-4-6-10(9)14(22)23/h3-6,8H,2,7H2,1H3,(H,22,23)(H,17,19,20). The van der Waals surface area contributed by atoms with Gasteiger partial charge in [-0.25, -0.2) is 9.78 Å². The Morgan fingerprint density at radius 3 is 2.87 bits per heavy atom. The van der Waals surface area contributed by atoms with Crippen LogP contribution in [0, 0.1) is 0 Å². The highest BCUT2D eigenvalue weighted by molar-refractivity contribution is 6.28. The zero-order chi connectivity index (χ0) is 16.4. The number of anilines is 1. The maximum Gasteiger partial charge on any atom is 0.336 e. The van der Waals surface area contributed by atoms with Crippen LogP contribution in [-0.4, -0.2) is 37.1 Å². The summed E-state index contributed by atoms with van der Waals surface area (Å²) in [5.74, 6) is -0.404. The number of hydrogen-bond donors (Lipinski definition) is 2. The Balaban J connectivity index is 2.07. The number of nitrogens with zero attached hydrogens (tertiary/aromatic N) is 4. The third-order valence-electron chi connectivity index (χ3n) is 3.37. The van der Waals surface area contributed by atoms with Gasteiger partial charge in [-0.2, -0.15) is 9.97 Å². The van der Waals surface area contributed by atoms with Crippen LogP contribution >= 0.6 is 11.6 Å². The van der Waals surface area contributed by atoms with E-state index in [1.165, 1.54) is 0 Å². The van der Waals surface area contributed by atoms with Gasteiger partial charge >= 0.3 is 5.97 Å².